The lowest BCUT2D eigenvalue weighted by Gasteiger charge is -2.32. The van der Waals surface area contributed by atoms with E-state index in [9.17, 15) is 9.59 Å². The second-order valence-corrected chi connectivity index (χ2v) is 5.88. The number of amides is 1. The van der Waals surface area contributed by atoms with E-state index in [4.69, 9.17) is 5.11 Å². The third kappa shape index (κ3) is 3.11. The molecule has 1 fully saturated rings. The van der Waals surface area contributed by atoms with Crippen LogP contribution in [0, 0.1) is 0 Å². The Morgan fingerprint density at radius 1 is 1.26 bits per heavy atom. The molecule has 1 saturated heterocycles. The first-order valence-corrected chi connectivity index (χ1v) is 7.66. The summed E-state index contributed by atoms with van der Waals surface area (Å²) in [5.74, 6) is -0.293. The Morgan fingerprint density at radius 3 is 2.61 bits per heavy atom. The lowest BCUT2D eigenvalue weighted by molar-refractivity contribution is 0.0687. The minimum Gasteiger partial charge on any atom is -0.478 e. The summed E-state index contributed by atoms with van der Waals surface area (Å²) in [6.45, 7) is 1.37. The molecule has 0 aliphatic carbocycles. The summed E-state index contributed by atoms with van der Waals surface area (Å²) in [5.41, 5.74) is 1.36. The van der Waals surface area contributed by atoms with Crippen molar-refractivity contribution in [2.75, 3.05) is 13.1 Å². The van der Waals surface area contributed by atoms with Gasteiger partial charge in [0.05, 0.1) is 5.56 Å². The highest BCUT2D eigenvalue weighted by Gasteiger charge is 2.27. The van der Waals surface area contributed by atoms with Crippen LogP contribution in [0.5, 0.6) is 0 Å². The van der Waals surface area contributed by atoms with Gasteiger partial charge in [-0.1, -0.05) is 12.1 Å². The molecule has 1 aromatic heterocycles. The number of likely N-dealkylation sites (tertiary alicyclic amines) is 1. The Balaban J connectivity index is 1.74. The van der Waals surface area contributed by atoms with Gasteiger partial charge in [0.1, 0.15) is 0 Å². The molecule has 3 rings (SSSR count). The third-order valence-corrected chi connectivity index (χ3v) is 4.35. The first kappa shape index (κ1) is 15.3. The van der Waals surface area contributed by atoms with Gasteiger partial charge in [0.2, 0.25) is 0 Å². The van der Waals surface area contributed by atoms with E-state index in [0.29, 0.717) is 12.4 Å². The zero-order valence-electron chi connectivity index (χ0n) is 13.0. The number of aryl methyl sites for hydroxylation is 1. The van der Waals surface area contributed by atoms with E-state index in [2.05, 4.69) is 4.98 Å². The number of hydrogen-bond acceptors (Lipinski definition) is 3. The minimum absolute atomic E-state index is 0.0515. The fourth-order valence-corrected chi connectivity index (χ4v) is 3.04. The molecule has 0 spiro atoms. The molecule has 1 amide bonds. The fourth-order valence-electron chi connectivity index (χ4n) is 3.04. The molecule has 2 heterocycles. The van der Waals surface area contributed by atoms with Crippen molar-refractivity contribution in [1.82, 2.24) is 14.5 Å². The van der Waals surface area contributed by atoms with Gasteiger partial charge < -0.3 is 14.6 Å². The number of piperidine rings is 1. The zero-order valence-corrected chi connectivity index (χ0v) is 13.0. The Bertz CT molecular complexity index is 721. The van der Waals surface area contributed by atoms with Crippen LogP contribution >= 0.6 is 0 Å². The standard InChI is InChI=1S/C17H19N3O3/c1-19-10-8-18-15(19)16(21)20-9-2-3-14(11-20)12-4-6-13(7-5-12)17(22)23/h4-8,10,14H,2-3,9,11H2,1H3,(H,22,23)/t14-/m1/s1. The molecule has 1 atom stereocenters. The van der Waals surface area contributed by atoms with Gasteiger partial charge in [0.15, 0.2) is 5.82 Å². The number of aromatic carboxylic acids is 1. The van der Waals surface area contributed by atoms with Gasteiger partial charge in [-0.15, -0.1) is 0 Å². The molecule has 2 aromatic rings. The molecule has 1 aromatic carbocycles. The molecular formula is C17H19N3O3. The van der Waals surface area contributed by atoms with Gasteiger partial charge >= 0.3 is 5.97 Å². The summed E-state index contributed by atoms with van der Waals surface area (Å²) >= 11 is 0. The van der Waals surface area contributed by atoms with Gasteiger partial charge in [-0.3, -0.25) is 4.79 Å². The van der Waals surface area contributed by atoms with Gasteiger partial charge in [0.25, 0.3) is 5.91 Å². The van der Waals surface area contributed by atoms with Crippen LogP contribution in [0.1, 0.15) is 45.3 Å². The second kappa shape index (κ2) is 6.24. The first-order valence-electron chi connectivity index (χ1n) is 7.66. The van der Waals surface area contributed by atoms with Crippen LogP contribution in [0.4, 0.5) is 0 Å². The van der Waals surface area contributed by atoms with Crippen LogP contribution < -0.4 is 0 Å². The van der Waals surface area contributed by atoms with Crippen LogP contribution in [0.25, 0.3) is 0 Å². The summed E-state index contributed by atoms with van der Waals surface area (Å²) in [6, 6.07) is 6.94. The van der Waals surface area contributed by atoms with Gasteiger partial charge in [0, 0.05) is 38.4 Å². The summed E-state index contributed by atoms with van der Waals surface area (Å²) in [6.07, 6.45) is 5.32. The molecule has 1 N–H and O–H groups in total. The molecule has 0 saturated carbocycles. The Morgan fingerprint density at radius 2 is 2.00 bits per heavy atom. The van der Waals surface area contributed by atoms with E-state index in [1.807, 2.05) is 24.1 Å². The van der Waals surface area contributed by atoms with E-state index in [1.54, 1.807) is 29.1 Å². The number of imidazole rings is 1. The number of carboxylic acid groups (broad SMARTS) is 1. The third-order valence-electron chi connectivity index (χ3n) is 4.35. The van der Waals surface area contributed by atoms with Crippen LogP contribution in [-0.2, 0) is 7.05 Å². The van der Waals surface area contributed by atoms with Crippen molar-refractivity contribution in [2.24, 2.45) is 7.05 Å². The molecule has 6 nitrogen and oxygen atoms in total. The monoisotopic (exact) mass is 313 g/mol. The number of carboxylic acids is 1. The normalized spacial score (nSPS) is 18.0. The van der Waals surface area contributed by atoms with Crippen molar-refractivity contribution in [1.29, 1.82) is 0 Å². The van der Waals surface area contributed by atoms with E-state index in [0.717, 1.165) is 24.9 Å². The second-order valence-electron chi connectivity index (χ2n) is 5.88. The largest absolute Gasteiger partial charge is 0.478 e. The van der Waals surface area contributed by atoms with Gasteiger partial charge in [-0.05, 0) is 30.5 Å². The average Bonchev–Trinajstić information content (AvgIpc) is 3.00. The van der Waals surface area contributed by atoms with E-state index in [1.165, 1.54) is 0 Å². The molecule has 23 heavy (non-hydrogen) atoms. The van der Waals surface area contributed by atoms with Crippen molar-refractivity contribution in [2.45, 2.75) is 18.8 Å². The first-order chi connectivity index (χ1) is 11.1. The maximum atomic E-state index is 12.6. The minimum atomic E-state index is -0.924. The van der Waals surface area contributed by atoms with Gasteiger partial charge in [-0.2, -0.15) is 0 Å². The smallest absolute Gasteiger partial charge is 0.335 e. The van der Waals surface area contributed by atoms with Crippen LogP contribution in [0.2, 0.25) is 0 Å². The molecule has 120 valence electrons. The number of aromatic nitrogens is 2. The van der Waals surface area contributed by atoms with Crippen molar-refractivity contribution in [3.05, 3.63) is 53.6 Å². The number of carbonyl (C=O) groups is 2. The molecular weight excluding hydrogens is 294 g/mol. The molecule has 0 radical (unpaired) electrons. The highest BCUT2D eigenvalue weighted by molar-refractivity contribution is 5.91. The van der Waals surface area contributed by atoms with Crippen molar-refractivity contribution in [3.8, 4) is 0 Å². The predicted octanol–water partition coefficient (Wildman–Crippen LogP) is 2.14. The highest BCUT2D eigenvalue weighted by Crippen LogP contribution is 2.27. The summed E-state index contributed by atoms with van der Waals surface area (Å²) in [7, 11) is 1.81. The summed E-state index contributed by atoms with van der Waals surface area (Å²) in [4.78, 5) is 29.5. The summed E-state index contributed by atoms with van der Waals surface area (Å²) < 4.78 is 1.73. The van der Waals surface area contributed by atoms with Crippen molar-refractivity contribution < 1.29 is 14.7 Å². The van der Waals surface area contributed by atoms with Crippen LogP contribution in [0.3, 0.4) is 0 Å². The van der Waals surface area contributed by atoms with Crippen LogP contribution in [-0.4, -0.2) is 44.5 Å². The fraction of sp³-hybridized carbons (Fsp3) is 0.353. The number of nitrogens with zero attached hydrogens (tertiary/aromatic N) is 3. The predicted molar refractivity (Wildman–Crippen MR) is 84.5 cm³/mol. The number of rotatable bonds is 3. The van der Waals surface area contributed by atoms with E-state index in [-0.39, 0.29) is 17.4 Å². The number of benzene rings is 1. The Kier molecular flexibility index (Phi) is 4.14. The average molecular weight is 313 g/mol. The Hall–Kier alpha value is -2.63. The quantitative estimate of drug-likeness (QED) is 0.942. The topological polar surface area (TPSA) is 75.4 Å². The summed E-state index contributed by atoms with van der Waals surface area (Å²) in [5, 5.41) is 8.97. The lowest BCUT2D eigenvalue weighted by atomic mass is 9.90. The number of hydrogen-bond donors (Lipinski definition) is 1. The number of carbonyl (C=O) groups excluding carboxylic acids is 1. The molecule has 1 aliphatic heterocycles. The van der Waals surface area contributed by atoms with E-state index >= 15 is 0 Å². The van der Waals surface area contributed by atoms with Crippen LogP contribution in [0.15, 0.2) is 36.7 Å². The molecule has 6 heteroatoms. The van der Waals surface area contributed by atoms with Crippen molar-refractivity contribution in [3.63, 3.8) is 0 Å². The lowest BCUT2D eigenvalue weighted by Crippen LogP contribution is -2.40. The molecule has 1 aliphatic rings. The highest BCUT2D eigenvalue weighted by atomic mass is 16.4. The maximum Gasteiger partial charge on any atom is 0.335 e. The van der Waals surface area contributed by atoms with Gasteiger partial charge in [-0.25, -0.2) is 9.78 Å². The Labute approximate surface area is 134 Å². The zero-order chi connectivity index (χ0) is 16.4. The van der Waals surface area contributed by atoms with Crippen molar-refractivity contribution >= 4 is 11.9 Å². The molecule has 0 bridgehead atoms. The molecule has 0 unspecified atom stereocenters. The maximum absolute atomic E-state index is 12.6. The van der Waals surface area contributed by atoms with E-state index < -0.39 is 5.97 Å². The SMILES string of the molecule is Cn1ccnc1C(=O)N1CCC[C@@H](c2ccc(C(=O)O)cc2)C1.